The van der Waals surface area contributed by atoms with Crippen molar-refractivity contribution in [1.29, 1.82) is 0 Å². The van der Waals surface area contributed by atoms with Crippen molar-refractivity contribution in [3.63, 3.8) is 0 Å². The Balaban J connectivity index is 1.36. The predicted molar refractivity (Wildman–Crippen MR) is 122 cm³/mol. The quantitative estimate of drug-likeness (QED) is 0.343. The van der Waals surface area contributed by atoms with E-state index in [1.165, 1.54) is 0 Å². The molecule has 4 rings (SSSR count). The summed E-state index contributed by atoms with van der Waals surface area (Å²) in [5, 5.41) is 3.97. The van der Waals surface area contributed by atoms with Gasteiger partial charge in [0.2, 0.25) is 0 Å². The van der Waals surface area contributed by atoms with Gasteiger partial charge >= 0.3 is 0 Å². The lowest BCUT2D eigenvalue weighted by Gasteiger charge is -2.12. The van der Waals surface area contributed by atoms with Crippen LogP contribution in [0.25, 0.3) is 11.1 Å². The lowest BCUT2D eigenvalue weighted by Crippen LogP contribution is -2.17. The van der Waals surface area contributed by atoms with Gasteiger partial charge in [-0.15, -0.1) is 0 Å². The van der Waals surface area contributed by atoms with Crippen molar-refractivity contribution in [2.75, 3.05) is 0 Å². The zero-order valence-electron chi connectivity index (χ0n) is 16.8. The Morgan fingerprint density at radius 2 is 1.68 bits per heavy atom. The van der Waals surface area contributed by atoms with E-state index in [-0.39, 0.29) is 5.91 Å². The van der Waals surface area contributed by atoms with E-state index in [1.807, 2.05) is 66.7 Å². The van der Waals surface area contributed by atoms with E-state index < -0.39 is 0 Å². The average molecular weight is 407 g/mol. The Morgan fingerprint density at radius 3 is 2.45 bits per heavy atom. The molecular weight excluding hydrogens is 386 g/mol. The van der Waals surface area contributed by atoms with Crippen LogP contribution in [-0.4, -0.2) is 17.1 Å². The lowest BCUT2D eigenvalue weighted by atomic mass is 10.0. The summed E-state index contributed by atoms with van der Waals surface area (Å²) in [5.74, 6) is 0.544. The van der Waals surface area contributed by atoms with Gasteiger partial charge in [0.15, 0.2) is 0 Å². The van der Waals surface area contributed by atoms with Gasteiger partial charge in [-0.1, -0.05) is 66.7 Å². The molecule has 152 valence electrons. The number of hydrogen-bond donors (Lipinski definition) is 1. The number of pyridine rings is 1. The maximum atomic E-state index is 12.3. The second kappa shape index (κ2) is 9.98. The van der Waals surface area contributed by atoms with Crippen molar-refractivity contribution >= 4 is 12.1 Å². The Morgan fingerprint density at radius 1 is 0.903 bits per heavy atom. The molecule has 5 nitrogen and oxygen atoms in total. The fraction of sp³-hybridized carbons (Fsp3) is 0.0385. The maximum absolute atomic E-state index is 12.3. The summed E-state index contributed by atoms with van der Waals surface area (Å²) in [6.07, 6.45) is 4.90. The van der Waals surface area contributed by atoms with Gasteiger partial charge in [0.25, 0.3) is 5.91 Å². The highest BCUT2D eigenvalue weighted by Gasteiger charge is 2.07. The summed E-state index contributed by atoms with van der Waals surface area (Å²) in [4.78, 5) is 16.3. The number of hydrazone groups is 1. The molecule has 1 aromatic heterocycles. The largest absolute Gasteiger partial charge is 0.488 e. The summed E-state index contributed by atoms with van der Waals surface area (Å²) in [6.45, 7) is 0.408. The molecule has 1 amide bonds. The van der Waals surface area contributed by atoms with Crippen molar-refractivity contribution in [2.24, 2.45) is 5.10 Å². The number of nitrogens with one attached hydrogen (secondary N) is 1. The van der Waals surface area contributed by atoms with E-state index >= 15 is 0 Å². The number of carbonyl (C=O) groups is 1. The standard InChI is InChI=1S/C26H21N3O2/c30-26(29-28-18-21-7-6-16-27-17-21)23-14-12-20(13-15-23)19-31-25-11-5-4-10-24(25)22-8-2-1-3-9-22/h1-18H,19H2,(H,29,30). The molecule has 0 aliphatic carbocycles. The molecule has 0 spiro atoms. The lowest BCUT2D eigenvalue weighted by molar-refractivity contribution is 0.0955. The molecule has 1 heterocycles. The fourth-order valence-corrected chi connectivity index (χ4v) is 3.04. The summed E-state index contributed by atoms with van der Waals surface area (Å²) < 4.78 is 6.06. The van der Waals surface area contributed by atoms with Crippen molar-refractivity contribution < 1.29 is 9.53 Å². The van der Waals surface area contributed by atoms with Gasteiger partial charge in [-0.3, -0.25) is 9.78 Å². The van der Waals surface area contributed by atoms with Gasteiger partial charge < -0.3 is 4.74 Å². The molecule has 1 N–H and O–H groups in total. The van der Waals surface area contributed by atoms with Crippen LogP contribution in [0.4, 0.5) is 0 Å². The number of aromatic nitrogens is 1. The van der Waals surface area contributed by atoms with Gasteiger partial charge in [-0.2, -0.15) is 5.10 Å². The first-order valence-corrected chi connectivity index (χ1v) is 9.89. The van der Waals surface area contributed by atoms with E-state index in [0.29, 0.717) is 12.2 Å². The highest BCUT2D eigenvalue weighted by atomic mass is 16.5. The first kappa shape index (κ1) is 20.0. The molecule has 0 saturated heterocycles. The Labute approximate surface area is 181 Å². The summed E-state index contributed by atoms with van der Waals surface area (Å²) in [5.41, 5.74) is 6.98. The Kier molecular flexibility index (Phi) is 6.45. The van der Waals surface area contributed by atoms with Gasteiger partial charge in [-0.05, 0) is 35.4 Å². The van der Waals surface area contributed by atoms with Crippen LogP contribution < -0.4 is 10.2 Å². The number of hydrogen-bond acceptors (Lipinski definition) is 4. The zero-order valence-corrected chi connectivity index (χ0v) is 16.8. The molecule has 0 aliphatic rings. The Bertz CT molecular complexity index is 1160. The van der Waals surface area contributed by atoms with Gasteiger partial charge in [-0.25, -0.2) is 5.43 Å². The predicted octanol–water partition coefficient (Wildman–Crippen LogP) is 5.09. The normalized spacial score (nSPS) is 10.7. The van der Waals surface area contributed by atoms with Crippen LogP contribution in [0, 0.1) is 0 Å². The smallest absolute Gasteiger partial charge is 0.271 e. The van der Waals surface area contributed by atoms with Crippen LogP contribution in [0.2, 0.25) is 0 Å². The third-order valence-electron chi connectivity index (χ3n) is 4.65. The summed E-state index contributed by atoms with van der Waals surface area (Å²) in [6, 6.07) is 29.1. The average Bonchev–Trinajstić information content (AvgIpc) is 2.84. The van der Waals surface area contributed by atoms with E-state index in [9.17, 15) is 4.79 Å². The first-order chi connectivity index (χ1) is 15.3. The molecule has 0 bridgehead atoms. The highest BCUT2D eigenvalue weighted by molar-refractivity contribution is 5.94. The van der Waals surface area contributed by atoms with Gasteiger partial charge in [0.1, 0.15) is 12.4 Å². The van der Waals surface area contributed by atoms with E-state index in [2.05, 4.69) is 27.6 Å². The second-order valence-electron chi connectivity index (χ2n) is 6.83. The van der Waals surface area contributed by atoms with E-state index in [0.717, 1.165) is 28.0 Å². The molecule has 0 radical (unpaired) electrons. The molecule has 31 heavy (non-hydrogen) atoms. The molecule has 0 fully saturated rings. The van der Waals surface area contributed by atoms with Crippen molar-refractivity contribution in [2.45, 2.75) is 6.61 Å². The fourth-order valence-electron chi connectivity index (χ4n) is 3.04. The number of rotatable bonds is 7. The number of benzene rings is 3. The summed E-state index contributed by atoms with van der Waals surface area (Å²) in [7, 11) is 0. The third kappa shape index (κ3) is 5.42. The number of ether oxygens (including phenoxy) is 1. The topological polar surface area (TPSA) is 63.6 Å². The molecule has 0 unspecified atom stereocenters. The molecule has 4 aromatic rings. The van der Waals surface area contributed by atoms with Crippen molar-refractivity contribution in [3.05, 3.63) is 120 Å². The molecule has 3 aromatic carbocycles. The van der Waals surface area contributed by atoms with E-state index in [4.69, 9.17) is 4.74 Å². The molecule has 0 aliphatic heterocycles. The van der Waals surface area contributed by atoms with Gasteiger partial charge in [0, 0.05) is 29.1 Å². The number of carbonyl (C=O) groups excluding carboxylic acids is 1. The van der Waals surface area contributed by atoms with Crippen LogP contribution >= 0.6 is 0 Å². The molecule has 0 saturated carbocycles. The van der Waals surface area contributed by atoms with Gasteiger partial charge in [0.05, 0.1) is 6.21 Å². The molecular formula is C26H21N3O2. The minimum absolute atomic E-state index is 0.276. The van der Waals surface area contributed by atoms with Crippen molar-refractivity contribution in [3.8, 4) is 16.9 Å². The zero-order chi connectivity index (χ0) is 21.3. The second-order valence-corrected chi connectivity index (χ2v) is 6.83. The van der Waals surface area contributed by atoms with Crippen LogP contribution in [-0.2, 0) is 6.61 Å². The number of nitrogens with zero attached hydrogens (tertiary/aromatic N) is 2. The highest BCUT2D eigenvalue weighted by Crippen LogP contribution is 2.30. The minimum atomic E-state index is -0.276. The van der Waals surface area contributed by atoms with Crippen LogP contribution in [0.5, 0.6) is 5.75 Å². The van der Waals surface area contributed by atoms with Crippen molar-refractivity contribution in [1.82, 2.24) is 10.4 Å². The Hall–Kier alpha value is -4.25. The first-order valence-electron chi connectivity index (χ1n) is 9.89. The monoisotopic (exact) mass is 407 g/mol. The SMILES string of the molecule is O=C(NN=Cc1cccnc1)c1ccc(COc2ccccc2-c2ccccc2)cc1. The molecule has 5 heteroatoms. The molecule has 0 atom stereocenters. The number of para-hydroxylation sites is 1. The maximum Gasteiger partial charge on any atom is 0.271 e. The number of amides is 1. The van der Waals surface area contributed by atoms with Crippen LogP contribution in [0.1, 0.15) is 21.5 Å². The summed E-state index contributed by atoms with van der Waals surface area (Å²) >= 11 is 0. The van der Waals surface area contributed by atoms with Crippen LogP contribution in [0.3, 0.4) is 0 Å². The minimum Gasteiger partial charge on any atom is -0.488 e. The van der Waals surface area contributed by atoms with Crippen LogP contribution in [0.15, 0.2) is 108 Å². The van der Waals surface area contributed by atoms with E-state index in [1.54, 1.807) is 30.7 Å². The third-order valence-corrected chi connectivity index (χ3v) is 4.65.